The van der Waals surface area contributed by atoms with Gasteiger partial charge in [-0.2, -0.15) is 0 Å². The van der Waals surface area contributed by atoms with Gasteiger partial charge in [-0.3, -0.25) is 0 Å². The number of H-pyrrole nitrogens is 1. The second-order valence-corrected chi connectivity index (χ2v) is 3.24. The van der Waals surface area contributed by atoms with Crippen LogP contribution >= 0.6 is 0 Å². The first-order chi connectivity index (χ1) is 6.31. The molecule has 1 nitrogen and oxygen atoms in total. The Morgan fingerprint density at radius 3 is 2.77 bits per heavy atom. The smallest absolute Gasteiger partial charge is 0.0458 e. The van der Waals surface area contributed by atoms with E-state index in [1.54, 1.807) is 0 Å². The van der Waals surface area contributed by atoms with Gasteiger partial charge in [0.2, 0.25) is 0 Å². The molecule has 0 aliphatic carbocycles. The molecule has 0 amide bonds. The largest absolute Gasteiger partial charge is 0.355 e. The molecule has 2 aromatic rings. The maximum atomic E-state index is 3.38. The van der Waals surface area contributed by atoms with Crippen molar-refractivity contribution in [2.75, 3.05) is 0 Å². The minimum Gasteiger partial charge on any atom is -0.355 e. The molecular weight excluding hydrogens is 158 g/mol. The predicted molar refractivity (Wildman–Crippen MR) is 57.6 cm³/mol. The Morgan fingerprint density at radius 1 is 1.31 bits per heavy atom. The lowest BCUT2D eigenvalue weighted by atomic mass is 10.2. The number of hydrogen-bond acceptors (Lipinski definition) is 0. The van der Waals surface area contributed by atoms with Crippen molar-refractivity contribution in [1.82, 2.24) is 4.98 Å². The lowest BCUT2D eigenvalue weighted by Crippen LogP contribution is -1.75. The van der Waals surface area contributed by atoms with Crippen molar-refractivity contribution in [2.24, 2.45) is 0 Å². The molecule has 0 saturated carbocycles. The maximum absolute atomic E-state index is 3.38. The zero-order chi connectivity index (χ0) is 9.26. The van der Waals surface area contributed by atoms with Crippen LogP contribution in [0.4, 0.5) is 0 Å². The van der Waals surface area contributed by atoms with Crippen LogP contribution in [0.25, 0.3) is 16.5 Å². The molecule has 1 aromatic carbocycles. The second kappa shape index (κ2) is 3.09. The standard InChI is InChI=1S/C12H13N/c1-3-9(2)12-8-10-6-4-5-7-11(10)13-12/h3-8,13H,1-2H3/b9-3-. The molecule has 0 aliphatic heterocycles. The number of para-hydroxylation sites is 1. The van der Waals surface area contributed by atoms with Gasteiger partial charge in [0.25, 0.3) is 0 Å². The van der Waals surface area contributed by atoms with Crippen molar-refractivity contribution in [3.05, 3.63) is 42.1 Å². The van der Waals surface area contributed by atoms with E-state index in [1.165, 1.54) is 22.2 Å². The fourth-order valence-electron chi connectivity index (χ4n) is 1.44. The van der Waals surface area contributed by atoms with Crippen LogP contribution in [-0.2, 0) is 0 Å². The zero-order valence-corrected chi connectivity index (χ0v) is 7.96. The summed E-state index contributed by atoms with van der Waals surface area (Å²) in [5, 5.41) is 1.28. The Labute approximate surface area is 78.1 Å². The van der Waals surface area contributed by atoms with Crippen molar-refractivity contribution in [3.8, 4) is 0 Å². The topological polar surface area (TPSA) is 15.8 Å². The Kier molecular flexibility index (Phi) is 1.93. The normalized spacial score (nSPS) is 12.3. The summed E-state index contributed by atoms with van der Waals surface area (Å²) in [5.74, 6) is 0. The number of nitrogens with one attached hydrogen (secondary N) is 1. The highest BCUT2D eigenvalue weighted by molar-refractivity contribution is 5.84. The van der Waals surface area contributed by atoms with Crippen LogP contribution in [0.5, 0.6) is 0 Å². The van der Waals surface area contributed by atoms with Crippen molar-refractivity contribution >= 4 is 16.5 Å². The molecule has 13 heavy (non-hydrogen) atoms. The first kappa shape index (κ1) is 8.11. The molecule has 0 atom stereocenters. The van der Waals surface area contributed by atoms with E-state index >= 15 is 0 Å². The Hall–Kier alpha value is -1.50. The number of allylic oxidation sites excluding steroid dienone is 2. The van der Waals surface area contributed by atoms with Gasteiger partial charge in [-0.25, -0.2) is 0 Å². The quantitative estimate of drug-likeness (QED) is 0.674. The summed E-state index contributed by atoms with van der Waals surface area (Å²) < 4.78 is 0. The van der Waals surface area contributed by atoms with E-state index in [9.17, 15) is 0 Å². The third-order valence-electron chi connectivity index (χ3n) is 2.39. The fourth-order valence-corrected chi connectivity index (χ4v) is 1.44. The summed E-state index contributed by atoms with van der Waals surface area (Å²) >= 11 is 0. The molecule has 1 aromatic heterocycles. The highest BCUT2D eigenvalue weighted by Gasteiger charge is 1.99. The molecule has 1 heteroatoms. The lowest BCUT2D eigenvalue weighted by molar-refractivity contribution is 1.38. The minimum absolute atomic E-state index is 1.21. The number of rotatable bonds is 1. The summed E-state index contributed by atoms with van der Waals surface area (Å²) in [5.41, 5.74) is 3.71. The van der Waals surface area contributed by atoms with Gasteiger partial charge < -0.3 is 4.98 Å². The van der Waals surface area contributed by atoms with Gasteiger partial charge in [-0.15, -0.1) is 0 Å². The van der Waals surface area contributed by atoms with Crippen LogP contribution in [0, 0.1) is 0 Å². The molecule has 1 heterocycles. The first-order valence-electron chi connectivity index (χ1n) is 4.52. The van der Waals surface area contributed by atoms with E-state index in [4.69, 9.17) is 0 Å². The van der Waals surface area contributed by atoms with E-state index in [1.807, 2.05) is 6.07 Å². The Balaban J connectivity index is 2.62. The summed E-state index contributed by atoms with van der Waals surface area (Å²) in [7, 11) is 0. The number of hydrogen-bond donors (Lipinski definition) is 1. The van der Waals surface area contributed by atoms with E-state index in [-0.39, 0.29) is 0 Å². The molecule has 0 fully saturated rings. The van der Waals surface area contributed by atoms with Crippen molar-refractivity contribution in [2.45, 2.75) is 13.8 Å². The SMILES string of the molecule is C/C=C(/C)c1cc2ccccc2[nH]1. The number of fused-ring (bicyclic) bond motifs is 1. The summed E-state index contributed by atoms with van der Waals surface area (Å²) in [6, 6.07) is 10.5. The molecule has 0 radical (unpaired) electrons. The minimum atomic E-state index is 1.21. The summed E-state index contributed by atoms with van der Waals surface area (Å²) in [4.78, 5) is 3.38. The van der Waals surface area contributed by atoms with Gasteiger partial charge >= 0.3 is 0 Å². The van der Waals surface area contributed by atoms with Crippen molar-refractivity contribution in [1.29, 1.82) is 0 Å². The number of benzene rings is 1. The van der Waals surface area contributed by atoms with Crippen LogP contribution in [0.1, 0.15) is 19.5 Å². The molecule has 0 aliphatic rings. The average molecular weight is 171 g/mol. The predicted octanol–water partition coefficient (Wildman–Crippen LogP) is 3.59. The molecule has 66 valence electrons. The van der Waals surface area contributed by atoms with Crippen LogP contribution in [0.2, 0.25) is 0 Å². The third kappa shape index (κ3) is 1.37. The Morgan fingerprint density at radius 2 is 2.08 bits per heavy atom. The molecular formula is C12H13N. The average Bonchev–Trinajstić information content (AvgIpc) is 2.59. The lowest BCUT2D eigenvalue weighted by Gasteiger charge is -1.92. The van der Waals surface area contributed by atoms with Gasteiger partial charge in [0.15, 0.2) is 0 Å². The molecule has 0 bridgehead atoms. The van der Waals surface area contributed by atoms with Crippen LogP contribution in [-0.4, -0.2) is 4.98 Å². The van der Waals surface area contributed by atoms with Crippen molar-refractivity contribution in [3.63, 3.8) is 0 Å². The van der Waals surface area contributed by atoms with Crippen LogP contribution in [0.15, 0.2) is 36.4 Å². The fraction of sp³-hybridized carbons (Fsp3) is 0.167. The van der Waals surface area contributed by atoms with Gasteiger partial charge in [0, 0.05) is 11.2 Å². The zero-order valence-electron chi connectivity index (χ0n) is 7.96. The van der Waals surface area contributed by atoms with Gasteiger partial charge in [0.05, 0.1) is 0 Å². The van der Waals surface area contributed by atoms with E-state index in [2.05, 4.69) is 49.2 Å². The van der Waals surface area contributed by atoms with Gasteiger partial charge in [-0.1, -0.05) is 24.3 Å². The Bertz CT molecular complexity index is 416. The first-order valence-corrected chi connectivity index (χ1v) is 4.52. The highest BCUT2D eigenvalue weighted by Crippen LogP contribution is 2.19. The molecule has 1 N–H and O–H groups in total. The van der Waals surface area contributed by atoms with Gasteiger partial charge in [-0.05, 0) is 36.9 Å². The molecule has 0 spiro atoms. The highest BCUT2D eigenvalue weighted by atomic mass is 14.7. The van der Waals surface area contributed by atoms with Crippen LogP contribution < -0.4 is 0 Å². The molecule has 0 unspecified atom stereocenters. The summed E-state index contributed by atoms with van der Waals surface area (Å²) in [6.45, 7) is 4.17. The summed E-state index contributed by atoms with van der Waals surface area (Å²) in [6.07, 6.45) is 2.12. The van der Waals surface area contributed by atoms with Crippen molar-refractivity contribution < 1.29 is 0 Å². The van der Waals surface area contributed by atoms with E-state index in [0.717, 1.165) is 0 Å². The monoisotopic (exact) mass is 171 g/mol. The second-order valence-electron chi connectivity index (χ2n) is 3.24. The van der Waals surface area contributed by atoms with Crippen LogP contribution in [0.3, 0.4) is 0 Å². The number of aromatic amines is 1. The molecule has 2 rings (SSSR count). The van der Waals surface area contributed by atoms with E-state index < -0.39 is 0 Å². The molecule has 0 saturated heterocycles. The number of aromatic nitrogens is 1. The van der Waals surface area contributed by atoms with E-state index in [0.29, 0.717) is 0 Å². The van der Waals surface area contributed by atoms with Gasteiger partial charge in [0.1, 0.15) is 0 Å². The maximum Gasteiger partial charge on any atom is 0.0458 e. The third-order valence-corrected chi connectivity index (χ3v) is 2.39.